The summed E-state index contributed by atoms with van der Waals surface area (Å²) < 4.78 is 5.26. The fourth-order valence-electron chi connectivity index (χ4n) is 2.00. The lowest BCUT2D eigenvalue weighted by Crippen LogP contribution is -2.39. The molecular formula is C14H16Cl2N2O3. The second-order valence-electron chi connectivity index (χ2n) is 4.68. The molecular weight excluding hydrogens is 315 g/mol. The van der Waals surface area contributed by atoms with Gasteiger partial charge in [0, 0.05) is 25.3 Å². The lowest BCUT2D eigenvalue weighted by atomic mass is 10.2. The number of carbonyl (C=O) groups excluding carboxylic acids is 2. The van der Waals surface area contributed by atoms with E-state index in [0.29, 0.717) is 35.3 Å². The summed E-state index contributed by atoms with van der Waals surface area (Å²) in [6.45, 7) is 1.31. The summed E-state index contributed by atoms with van der Waals surface area (Å²) in [5, 5.41) is 6.15. The Balaban J connectivity index is 1.71. The van der Waals surface area contributed by atoms with Gasteiger partial charge in [-0.25, -0.2) is 0 Å². The van der Waals surface area contributed by atoms with Gasteiger partial charge in [0.2, 0.25) is 5.91 Å². The summed E-state index contributed by atoms with van der Waals surface area (Å²) in [6, 6.07) is 4.66. The van der Waals surface area contributed by atoms with Crippen molar-refractivity contribution in [2.75, 3.05) is 19.7 Å². The Bertz CT molecular complexity index is 531. The quantitative estimate of drug-likeness (QED) is 0.811. The van der Waals surface area contributed by atoms with E-state index in [4.69, 9.17) is 27.9 Å². The molecule has 0 spiro atoms. The molecule has 0 bridgehead atoms. The minimum atomic E-state index is -0.351. The van der Waals surface area contributed by atoms with Gasteiger partial charge in [0.15, 0.2) is 0 Å². The Hall–Kier alpha value is -1.30. The molecule has 1 heterocycles. The van der Waals surface area contributed by atoms with Crippen molar-refractivity contribution in [3.05, 3.63) is 33.8 Å². The predicted molar refractivity (Wildman–Crippen MR) is 80.8 cm³/mol. The van der Waals surface area contributed by atoms with Crippen molar-refractivity contribution in [3.8, 4) is 0 Å². The summed E-state index contributed by atoms with van der Waals surface area (Å²) in [6.07, 6.45) is 1.31. The smallest absolute Gasteiger partial charge is 0.251 e. The van der Waals surface area contributed by atoms with E-state index in [-0.39, 0.29) is 17.9 Å². The maximum absolute atomic E-state index is 11.9. The largest absolute Gasteiger partial charge is 0.368 e. The molecule has 1 aromatic carbocycles. The van der Waals surface area contributed by atoms with Crippen LogP contribution in [0.5, 0.6) is 0 Å². The molecule has 2 amide bonds. The van der Waals surface area contributed by atoms with Gasteiger partial charge in [0.05, 0.1) is 10.0 Å². The highest BCUT2D eigenvalue weighted by Crippen LogP contribution is 2.22. The van der Waals surface area contributed by atoms with Gasteiger partial charge < -0.3 is 15.4 Å². The van der Waals surface area contributed by atoms with Crippen LogP contribution in [0.25, 0.3) is 0 Å². The van der Waals surface area contributed by atoms with Crippen LogP contribution in [0.15, 0.2) is 18.2 Å². The van der Waals surface area contributed by atoms with Crippen molar-refractivity contribution in [1.29, 1.82) is 0 Å². The van der Waals surface area contributed by atoms with Crippen LogP contribution in [0.2, 0.25) is 10.0 Å². The van der Waals surface area contributed by atoms with E-state index in [2.05, 4.69) is 10.6 Å². The molecule has 0 saturated carbocycles. The summed E-state index contributed by atoms with van der Waals surface area (Å²) in [4.78, 5) is 23.5. The van der Waals surface area contributed by atoms with Crippen LogP contribution in [0.4, 0.5) is 0 Å². The number of hydrogen-bond acceptors (Lipinski definition) is 3. The third-order valence-electron chi connectivity index (χ3n) is 3.11. The SMILES string of the molecule is O=C(NCCNC(=O)C1CCCO1)c1ccc(Cl)c(Cl)c1. The number of carbonyl (C=O) groups is 2. The van der Waals surface area contributed by atoms with E-state index < -0.39 is 0 Å². The Morgan fingerprint density at radius 2 is 1.95 bits per heavy atom. The van der Waals surface area contributed by atoms with Crippen molar-refractivity contribution in [3.63, 3.8) is 0 Å². The predicted octanol–water partition coefficient (Wildman–Crippen LogP) is 2.02. The molecule has 1 fully saturated rings. The monoisotopic (exact) mass is 330 g/mol. The van der Waals surface area contributed by atoms with Gasteiger partial charge >= 0.3 is 0 Å². The highest BCUT2D eigenvalue weighted by atomic mass is 35.5. The van der Waals surface area contributed by atoms with Gasteiger partial charge in [-0.2, -0.15) is 0 Å². The standard InChI is InChI=1S/C14H16Cl2N2O3/c15-10-4-3-9(8-11(10)16)13(19)17-5-6-18-14(20)12-2-1-7-21-12/h3-4,8,12H,1-2,5-7H2,(H,17,19)(H,18,20). The summed E-state index contributed by atoms with van der Waals surface area (Å²) in [5.74, 6) is -0.392. The van der Waals surface area contributed by atoms with Gasteiger partial charge in [-0.15, -0.1) is 0 Å². The Labute approximate surface area is 132 Å². The van der Waals surface area contributed by atoms with E-state index in [0.717, 1.165) is 12.8 Å². The van der Waals surface area contributed by atoms with E-state index >= 15 is 0 Å². The highest BCUT2D eigenvalue weighted by Gasteiger charge is 2.22. The first kappa shape index (κ1) is 16.1. The Morgan fingerprint density at radius 3 is 2.62 bits per heavy atom. The third-order valence-corrected chi connectivity index (χ3v) is 3.85. The number of hydrogen-bond donors (Lipinski definition) is 2. The molecule has 1 unspecified atom stereocenters. The summed E-state index contributed by atoms with van der Waals surface area (Å²) in [5.41, 5.74) is 0.426. The van der Waals surface area contributed by atoms with Gasteiger partial charge in [-0.3, -0.25) is 9.59 Å². The zero-order valence-electron chi connectivity index (χ0n) is 11.3. The van der Waals surface area contributed by atoms with E-state index in [1.807, 2.05) is 0 Å². The lowest BCUT2D eigenvalue weighted by Gasteiger charge is -2.11. The fourth-order valence-corrected chi connectivity index (χ4v) is 2.30. The van der Waals surface area contributed by atoms with E-state index in [9.17, 15) is 9.59 Å². The van der Waals surface area contributed by atoms with Gasteiger partial charge in [0.1, 0.15) is 6.10 Å². The van der Waals surface area contributed by atoms with Crippen molar-refractivity contribution < 1.29 is 14.3 Å². The molecule has 1 aliphatic heterocycles. The van der Waals surface area contributed by atoms with Crippen LogP contribution in [0.3, 0.4) is 0 Å². The number of benzene rings is 1. The lowest BCUT2D eigenvalue weighted by molar-refractivity contribution is -0.129. The molecule has 0 radical (unpaired) electrons. The van der Waals surface area contributed by atoms with Crippen LogP contribution >= 0.6 is 23.2 Å². The molecule has 2 N–H and O–H groups in total. The number of rotatable bonds is 5. The van der Waals surface area contributed by atoms with Crippen LogP contribution < -0.4 is 10.6 Å². The molecule has 21 heavy (non-hydrogen) atoms. The molecule has 7 heteroatoms. The molecule has 5 nitrogen and oxygen atoms in total. The number of nitrogens with one attached hydrogen (secondary N) is 2. The van der Waals surface area contributed by atoms with Crippen LogP contribution in [-0.4, -0.2) is 37.6 Å². The maximum atomic E-state index is 11.9. The first-order chi connectivity index (χ1) is 10.1. The molecule has 1 aromatic rings. The summed E-state index contributed by atoms with van der Waals surface area (Å²) in [7, 11) is 0. The third kappa shape index (κ3) is 4.59. The van der Waals surface area contributed by atoms with Crippen molar-refractivity contribution >= 4 is 35.0 Å². The average molecular weight is 331 g/mol. The normalized spacial score (nSPS) is 17.5. The molecule has 2 rings (SSSR count). The Kier molecular flexibility index (Phi) is 5.85. The first-order valence-corrected chi connectivity index (χ1v) is 7.46. The molecule has 1 aliphatic rings. The van der Waals surface area contributed by atoms with E-state index in [1.54, 1.807) is 12.1 Å². The minimum Gasteiger partial charge on any atom is -0.368 e. The van der Waals surface area contributed by atoms with Crippen molar-refractivity contribution in [1.82, 2.24) is 10.6 Å². The second-order valence-corrected chi connectivity index (χ2v) is 5.49. The number of amides is 2. The van der Waals surface area contributed by atoms with Gasteiger partial charge in [0.25, 0.3) is 5.91 Å². The zero-order chi connectivity index (χ0) is 15.2. The van der Waals surface area contributed by atoms with Gasteiger partial charge in [-0.05, 0) is 31.0 Å². The number of ether oxygens (including phenoxy) is 1. The van der Waals surface area contributed by atoms with Crippen molar-refractivity contribution in [2.45, 2.75) is 18.9 Å². The molecule has 1 atom stereocenters. The number of halogens is 2. The van der Waals surface area contributed by atoms with Crippen LogP contribution in [0.1, 0.15) is 23.2 Å². The fraction of sp³-hybridized carbons (Fsp3) is 0.429. The topological polar surface area (TPSA) is 67.4 Å². The van der Waals surface area contributed by atoms with Crippen LogP contribution in [-0.2, 0) is 9.53 Å². The van der Waals surface area contributed by atoms with E-state index in [1.165, 1.54) is 6.07 Å². The van der Waals surface area contributed by atoms with Gasteiger partial charge in [-0.1, -0.05) is 23.2 Å². The maximum Gasteiger partial charge on any atom is 0.251 e. The highest BCUT2D eigenvalue weighted by molar-refractivity contribution is 6.42. The first-order valence-electron chi connectivity index (χ1n) is 6.70. The minimum absolute atomic E-state index is 0.128. The average Bonchev–Trinajstić information content (AvgIpc) is 3.00. The second kappa shape index (κ2) is 7.64. The molecule has 1 saturated heterocycles. The Morgan fingerprint density at radius 1 is 1.19 bits per heavy atom. The molecule has 0 aromatic heterocycles. The zero-order valence-corrected chi connectivity index (χ0v) is 12.8. The van der Waals surface area contributed by atoms with Crippen LogP contribution in [0, 0.1) is 0 Å². The van der Waals surface area contributed by atoms with Crippen molar-refractivity contribution in [2.24, 2.45) is 0 Å². The summed E-state index contributed by atoms with van der Waals surface area (Å²) >= 11 is 11.6. The molecule has 114 valence electrons. The molecule has 0 aliphatic carbocycles.